The average molecular weight is 262 g/mol. The van der Waals surface area contributed by atoms with Crippen LogP contribution in [0.15, 0.2) is 31.1 Å². The predicted molar refractivity (Wildman–Crippen MR) is 78.3 cm³/mol. The largest absolute Gasteiger partial charge is 0.294 e. The summed E-state index contributed by atoms with van der Waals surface area (Å²) in [5, 5.41) is 4.16. The van der Waals surface area contributed by atoms with Crippen molar-refractivity contribution in [2.75, 3.05) is 0 Å². The van der Waals surface area contributed by atoms with Crippen molar-refractivity contribution in [1.82, 2.24) is 9.61 Å². The van der Waals surface area contributed by atoms with E-state index in [4.69, 9.17) is 0 Å². The maximum atomic E-state index is 11.4. The van der Waals surface area contributed by atoms with Gasteiger partial charge in [-0.3, -0.25) is 4.79 Å². The van der Waals surface area contributed by atoms with Crippen LogP contribution in [0.4, 0.5) is 0 Å². The number of Topliss-reactive ketones (excluding diaryl/α,β-unsaturated/α-hetero) is 1. The molecular weight excluding hydrogens is 244 g/mol. The lowest BCUT2D eigenvalue weighted by atomic mass is 10.2. The van der Waals surface area contributed by atoms with Crippen molar-refractivity contribution in [1.29, 1.82) is 0 Å². The van der Waals surface area contributed by atoms with E-state index >= 15 is 0 Å². The molecule has 2 aromatic rings. The van der Waals surface area contributed by atoms with Crippen LogP contribution in [0.2, 0.25) is 0 Å². The van der Waals surface area contributed by atoms with Gasteiger partial charge in [-0.15, -0.1) is 11.3 Å². The van der Waals surface area contributed by atoms with Crippen molar-refractivity contribution in [3.63, 3.8) is 0 Å². The van der Waals surface area contributed by atoms with Gasteiger partial charge in [-0.2, -0.15) is 5.10 Å². The van der Waals surface area contributed by atoms with E-state index in [1.165, 1.54) is 0 Å². The Kier molecular flexibility index (Phi) is 5.04. The zero-order valence-electron chi connectivity index (χ0n) is 11.2. The molecule has 0 saturated carbocycles. The van der Waals surface area contributed by atoms with E-state index < -0.39 is 0 Å². The van der Waals surface area contributed by atoms with Crippen LogP contribution >= 0.6 is 11.3 Å². The second-order valence-electron chi connectivity index (χ2n) is 3.41. The van der Waals surface area contributed by atoms with Crippen LogP contribution in [0.5, 0.6) is 0 Å². The van der Waals surface area contributed by atoms with Gasteiger partial charge in [0, 0.05) is 6.20 Å². The van der Waals surface area contributed by atoms with Crippen molar-refractivity contribution in [2.45, 2.75) is 27.7 Å². The molecule has 0 aromatic carbocycles. The molecule has 0 aliphatic carbocycles. The van der Waals surface area contributed by atoms with Gasteiger partial charge in [0.2, 0.25) is 0 Å². The van der Waals surface area contributed by atoms with Gasteiger partial charge in [0.15, 0.2) is 5.78 Å². The highest BCUT2D eigenvalue weighted by atomic mass is 32.1. The van der Waals surface area contributed by atoms with Crippen LogP contribution in [0.1, 0.15) is 42.9 Å². The smallest absolute Gasteiger partial charge is 0.164 e. The molecule has 0 aliphatic rings. The number of hydrogen-bond donors (Lipinski definition) is 0. The standard InChI is InChI=1S/C12H12N2OS.C2H6/c1-4-9(5-2)11-7-14-12(16-11)10(6-13-14)8(3)15;1-2/h4-7H,1H2,2-3H3;1-2H3/b9-5+;. The minimum Gasteiger partial charge on any atom is -0.294 e. The Morgan fingerprint density at radius 1 is 1.50 bits per heavy atom. The average Bonchev–Trinajstić information content (AvgIpc) is 2.92. The van der Waals surface area contributed by atoms with Gasteiger partial charge in [-0.25, -0.2) is 4.52 Å². The highest BCUT2D eigenvalue weighted by Gasteiger charge is 2.12. The number of allylic oxidation sites excluding steroid dienone is 3. The zero-order valence-corrected chi connectivity index (χ0v) is 12.0. The van der Waals surface area contributed by atoms with Crippen LogP contribution < -0.4 is 0 Å². The summed E-state index contributed by atoms with van der Waals surface area (Å²) in [6, 6.07) is 0. The Labute approximate surface area is 111 Å². The molecule has 3 nitrogen and oxygen atoms in total. The number of fused-ring (bicyclic) bond motifs is 1. The molecule has 0 N–H and O–H groups in total. The third kappa shape index (κ3) is 2.59. The molecule has 0 unspecified atom stereocenters. The van der Waals surface area contributed by atoms with Gasteiger partial charge < -0.3 is 0 Å². The van der Waals surface area contributed by atoms with E-state index in [-0.39, 0.29) is 5.78 Å². The summed E-state index contributed by atoms with van der Waals surface area (Å²) in [5.41, 5.74) is 1.74. The highest BCUT2D eigenvalue weighted by molar-refractivity contribution is 7.18. The van der Waals surface area contributed by atoms with Gasteiger partial charge in [-0.1, -0.05) is 32.6 Å². The summed E-state index contributed by atoms with van der Waals surface area (Å²) in [6.07, 6.45) is 7.33. The number of thiazole rings is 1. The minimum atomic E-state index is 0.0454. The first kappa shape index (κ1) is 14.4. The molecule has 0 saturated heterocycles. The van der Waals surface area contributed by atoms with Crippen LogP contribution in [-0.4, -0.2) is 15.4 Å². The Morgan fingerprint density at radius 3 is 2.67 bits per heavy atom. The van der Waals surface area contributed by atoms with Crippen LogP contribution in [0, 0.1) is 0 Å². The molecule has 0 atom stereocenters. The monoisotopic (exact) mass is 262 g/mol. The van der Waals surface area contributed by atoms with Gasteiger partial charge in [-0.05, 0) is 19.4 Å². The molecule has 0 spiro atoms. The number of ketones is 1. The summed E-state index contributed by atoms with van der Waals surface area (Å²) >= 11 is 1.56. The fraction of sp³-hybridized carbons (Fsp3) is 0.286. The lowest BCUT2D eigenvalue weighted by molar-refractivity contribution is 0.101. The number of hydrogen-bond acceptors (Lipinski definition) is 3. The normalized spacial score (nSPS) is 11.0. The second kappa shape index (κ2) is 6.31. The van der Waals surface area contributed by atoms with Crippen molar-refractivity contribution in [2.24, 2.45) is 0 Å². The quantitative estimate of drug-likeness (QED) is 0.613. The van der Waals surface area contributed by atoms with E-state index in [0.29, 0.717) is 5.56 Å². The van der Waals surface area contributed by atoms with Crippen LogP contribution in [0.3, 0.4) is 0 Å². The molecule has 4 heteroatoms. The summed E-state index contributed by atoms with van der Waals surface area (Å²) in [4.78, 5) is 13.3. The van der Waals surface area contributed by atoms with Crippen LogP contribution in [-0.2, 0) is 0 Å². The predicted octanol–water partition coefficient (Wildman–Crippen LogP) is 4.21. The maximum absolute atomic E-state index is 11.4. The number of aromatic nitrogens is 2. The number of rotatable bonds is 3. The Balaban J connectivity index is 0.000000771. The maximum Gasteiger partial charge on any atom is 0.164 e. The molecule has 0 radical (unpaired) electrons. The Morgan fingerprint density at radius 2 is 2.17 bits per heavy atom. The van der Waals surface area contributed by atoms with E-state index in [0.717, 1.165) is 15.3 Å². The van der Waals surface area contributed by atoms with Crippen molar-refractivity contribution >= 4 is 27.5 Å². The first-order valence-corrected chi connectivity index (χ1v) is 6.76. The van der Waals surface area contributed by atoms with Gasteiger partial charge >= 0.3 is 0 Å². The van der Waals surface area contributed by atoms with Crippen molar-refractivity contribution in [3.05, 3.63) is 41.6 Å². The summed E-state index contributed by atoms with van der Waals surface area (Å²) in [5.74, 6) is 0.0454. The zero-order chi connectivity index (χ0) is 13.7. The molecular formula is C14H18N2OS. The summed E-state index contributed by atoms with van der Waals surface area (Å²) in [6.45, 7) is 11.3. The molecule has 2 heterocycles. The van der Waals surface area contributed by atoms with E-state index in [2.05, 4.69) is 11.7 Å². The third-order valence-corrected chi connectivity index (χ3v) is 3.55. The Bertz CT molecular complexity index is 590. The van der Waals surface area contributed by atoms with Gasteiger partial charge in [0.1, 0.15) is 4.83 Å². The lowest BCUT2D eigenvalue weighted by Gasteiger charge is -1.93. The van der Waals surface area contributed by atoms with Crippen molar-refractivity contribution in [3.8, 4) is 0 Å². The molecule has 2 rings (SSSR count). The van der Waals surface area contributed by atoms with E-state index in [1.807, 2.05) is 33.0 Å². The summed E-state index contributed by atoms with van der Waals surface area (Å²) < 4.78 is 1.74. The molecule has 0 fully saturated rings. The van der Waals surface area contributed by atoms with Gasteiger partial charge in [0.25, 0.3) is 0 Å². The van der Waals surface area contributed by atoms with Crippen LogP contribution in [0.25, 0.3) is 10.4 Å². The Hall–Kier alpha value is -1.68. The van der Waals surface area contributed by atoms with E-state index in [9.17, 15) is 4.79 Å². The SMILES string of the molecule is C=C/C(=C\C)c1cn2ncc(C(C)=O)c2s1.CC. The van der Waals surface area contributed by atoms with E-state index in [1.54, 1.807) is 35.0 Å². The molecule has 0 bridgehead atoms. The fourth-order valence-electron chi connectivity index (χ4n) is 1.52. The molecule has 96 valence electrons. The number of nitrogens with zero attached hydrogens (tertiary/aromatic N) is 2. The topological polar surface area (TPSA) is 34.4 Å². The lowest BCUT2D eigenvalue weighted by Crippen LogP contribution is -1.87. The second-order valence-corrected chi connectivity index (χ2v) is 4.44. The third-order valence-electron chi connectivity index (χ3n) is 2.39. The van der Waals surface area contributed by atoms with Crippen molar-refractivity contribution < 1.29 is 4.79 Å². The first-order chi connectivity index (χ1) is 8.67. The molecule has 2 aromatic heterocycles. The first-order valence-electron chi connectivity index (χ1n) is 5.94. The molecule has 18 heavy (non-hydrogen) atoms. The fourth-order valence-corrected chi connectivity index (χ4v) is 2.70. The molecule has 0 amide bonds. The minimum absolute atomic E-state index is 0.0454. The number of carbonyl (C=O) groups is 1. The summed E-state index contributed by atoms with van der Waals surface area (Å²) in [7, 11) is 0. The van der Waals surface area contributed by atoms with Gasteiger partial charge in [0.05, 0.1) is 16.6 Å². The number of carbonyl (C=O) groups excluding carboxylic acids is 1. The molecule has 0 aliphatic heterocycles. The highest BCUT2D eigenvalue weighted by Crippen LogP contribution is 2.27.